The highest BCUT2D eigenvalue weighted by atomic mass is 32.2. The first-order chi connectivity index (χ1) is 8.58. The van der Waals surface area contributed by atoms with Gasteiger partial charge in [-0.15, -0.1) is 0 Å². The van der Waals surface area contributed by atoms with E-state index in [1.807, 2.05) is 27.0 Å². The topological polar surface area (TPSA) is 64.1 Å². The molecule has 0 unspecified atom stereocenters. The van der Waals surface area contributed by atoms with Gasteiger partial charge < -0.3 is 10.1 Å². The van der Waals surface area contributed by atoms with Crippen LogP contribution < -0.4 is 5.32 Å². The van der Waals surface area contributed by atoms with Crippen LogP contribution in [-0.4, -0.2) is 34.8 Å². The van der Waals surface area contributed by atoms with Crippen LogP contribution in [0, 0.1) is 0 Å². The maximum absolute atomic E-state index is 11.9. The zero-order chi connectivity index (χ0) is 13.5. The molecule has 5 nitrogen and oxygen atoms in total. The minimum absolute atomic E-state index is 0.187. The Balaban J connectivity index is 2.97. The van der Waals surface area contributed by atoms with E-state index >= 15 is 0 Å². The van der Waals surface area contributed by atoms with Crippen molar-refractivity contribution in [3.8, 4) is 0 Å². The summed E-state index contributed by atoms with van der Waals surface area (Å²) in [6.07, 6.45) is 4.20. The molecule has 100 valence electrons. The number of ether oxygens (including phenoxy) is 1. The molecular weight excluding hydrogens is 250 g/mol. The summed E-state index contributed by atoms with van der Waals surface area (Å²) in [6, 6.07) is 0.187. The van der Waals surface area contributed by atoms with Gasteiger partial charge in [0, 0.05) is 12.2 Å². The predicted octanol–water partition coefficient (Wildman–Crippen LogP) is 2.59. The van der Waals surface area contributed by atoms with E-state index in [1.165, 1.54) is 18.0 Å². The Morgan fingerprint density at radius 3 is 2.83 bits per heavy atom. The van der Waals surface area contributed by atoms with Crippen molar-refractivity contribution in [2.24, 2.45) is 0 Å². The molecule has 1 N–H and O–H groups in total. The van der Waals surface area contributed by atoms with Gasteiger partial charge in [0.25, 0.3) is 0 Å². The van der Waals surface area contributed by atoms with Gasteiger partial charge in [-0.2, -0.15) is 0 Å². The summed E-state index contributed by atoms with van der Waals surface area (Å²) in [5.74, 6) is 0.151. The maximum Gasteiger partial charge on any atom is 0.343 e. The van der Waals surface area contributed by atoms with Crippen LogP contribution in [0.2, 0.25) is 0 Å². The second-order valence-electron chi connectivity index (χ2n) is 4.05. The normalized spacial score (nSPS) is 10.5. The summed E-state index contributed by atoms with van der Waals surface area (Å²) < 4.78 is 5.11. The molecular formula is C12H19N3O2S. The van der Waals surface area contributed by atoms with Gasteiger partial charge in [-0.25, -0.2) is 14.8 Å². The lowest BCUT2D eigenvalue weighted by Crippen LogP contribution is -2.17. The molecule has 0 aromatic carbocycles. The van der Waals surface area contributed by atoms with Crippen LogP contribution in [0.3, 0.4) is 0 Å². The molecule has 0 saturated heterocycles. The van der Waals surface area contributed by atoms with Crippen molar-refractivity contribution < 1.29 is 9.53 Å². The van der Waals surface area contributed by atoms with Gasteiger partial charge in [0.15, 0.2) is 5.16 Å². The largest absolute Gasteiger partial charge is 0.462 e. The zero-order valence-corrected chi connectivity index (χ0v) is 12.0. The van der Waals surface area contributed by atoms with Crippen LogP contribution in [0.15, 0.2) is 11.4 Å². The average molecular weight is 269 g/mol. The van der Waals surface area contributed by atoms with Crippen molar-refractivity contribution in [3.63, 3.8) is 0 Å². The maximum atomic E-state index is 11.9. The Kier molecular flexibility index (Phi) is 5.91. The number of nitrogens with zero attached hydrogens (tertiary/aromatic N) is 2. The Bertz CT molecular complexity index is 410. The highest BCUT2D eigenvalue weighted by Crippen LogP contribution is 2.18. The molecule has 0 aliphatic heterocycles. The molecule has 1 aromatic heterocycles. The minimum atomic E-state index is -0.382. The first-order valence-electron chi connectivity index (χ1n) is 5.93. The molecule has 0 saturated carbocycles. The number of hydrogen-bond acceptors (Lipinski definition) is 6. The number of rotatable bonds is 6. The van der Waals surface area contributed by atoms with E-state index in [0.29, 0.717) is 23.1 Å². The third-order valence-corrected chi connectivity index (χ3v) is 2.59. The molecule has 0 amide bonds. The molecule has 6 heteroatoms. The Morgan fingerprint density at radius 2 is 2.28 bits per heavy atom. The fourth-order valence-corrected chi connectivity index (χ4v) is 1.61. The smallest absolute Gasteiger partial charge is 0.343 e. The number of carbonyl (C=O) groups is 1. The van der Waals surface area contributed by atoms with Crippen LogP contribution in [0.4, 0.5) is 5.82 Å². The molecule has 0 aliphatic rings. The molecule has 1 rings (SSSR count). The van der Waals surface area contributed by atoms with Crippen molar-refractivity contribution in [2.45, 2.75) is 38.4 Å². The quantitative estimate of drug-likeness (QED) is 0.486. The van der Waals surface area contributed by atoms with Gasteiger partial charge in [-0.3, -0.25) is 0 Å². The highest BCUT2D eigenvalue weighted by Gasteiger charge is 2.16. The van der Waals surface area contributed by atoms with Gasteiger partial charge in [-0.1, -0.05) is 18.7 Å². The molecule has 0 fully saturated rings. The third kappa shape index (κ3) is 4.18. The van der Waals surface area contributed by atoms with Gasteiger partial charge >= 0.3 is 5.97 Å². The third-order valence-electron chi connectivity index (χ3n) is 2.03. The average Bonchev–Trinajstić information content (AvgIpc) is 2.35. The van der Waals surface area contributed by atoms with Crippen molar-refractivity contribution in [3.05, 3.63) is 11.8 Å². The molecule has 0 bridgehead atoms. The van der Waals surface area contributed by atoms with Gasteiger partial charge in [0.1, 0.15) is 11.4 Å². The van der Waals surface area contributed by atoms with Crippen LogP contribution >= 0.6 is 11.8 Å². The summed E-state index contributed by atoms with van der Waals surface area (Å²) in [5, 5.41) is 3.77. The number of nitrogens with one attached hydrogen (secondary N) is 1. The number of carbonyl (C=O) groups excluding carboxylic acids is 1. The van der Waals surface area contributed by atoms with E-state index in [-0.39, 0.29) is 12.0 Å². The van der Waals surface area contributed by atoms with Crippen LogP contribution in [-0.2, 0) is 4.74 Å². The van der Waals surface area contributed by atoms with Crippen LogP contribution in [0.1, 0.15) is 37.6 Å². The summed E-state index contributed by atoms with van der Waals surface area (Å²) in [4.78, 5) is 20.3. The monoisotopic (exact) mass is 269 g/mol. The number of hydrogen-bond donors (Lipinski definition) is 1. The SMILES string of the molecule is CCCOC(=O)c1cnc(SC)nc1NC(C)C. The number of esters is 1. The summed E-state index contributed by atoms with van der Waals surface area (Å²) in [7, 11) is 0. The fourth-order valence-electron chi connectivity index (χ4n) is 1.27. The van der Waals surface area contributed by atoms with E-state index in [2.05, 4.69) is 15.3 Å². The molecule has 0 radical (unpaired) electrons. The second kappa shape index (κ2) is 7.20. The van der Waals surface area contributed by atoms with Gasteiger partial charge in [0.2, 0.25) is 0 Å². The van der Waals surface area contributed by atoms with Gasteiger partial charge in [-0.05, 0) is 26.5 Å². The molecule has 18 heavy (non-hydrogen) atoms. The van der Waals surface area contributed by atoms with Crippen molar-refractivity contribution in [1.82, 2.24) is 9.97 Å². The van der Waals surface area contributed by atoms with Crippen molar-refractivity contribution in [1.29, 1.82) is 0 Å². The first-order valence-corrected chi connectivity index (χ1v) is 7.15. The van der Waals surface area contributed by atoms with Crippen molar-refractivity contribution in [2.75, 3.05) is 18.2 Å². The van der Waals surface area contributed by atoms with E-state index in [4.69, 9.17) is 4.74 Å². The first kappa shape index (κ1) is 14.8. The molecule has 1 heterocycles. The number of aromatic nitrogens is 2. The zero-order valence-electron chi connectivity index (χ0n) is 11.2. The molecule has 1 aromatic rings. The number of anilines is 1. The predicted molar refractivity (Wildman–Crippen MR) is 73.1 cm³/mol. The molecule has 0 atom stereocenters. The van der Waals surface area contributed by atoms with E-state index < -0.39 is 0 Å². The van der Waals surface area contributed by atoms with E-state index in [1.54, 1.807) is 0 Å². The Labute approximate surface area is 112 Å². The lowest BCUT2D eigenvalue weighted by molar-refractivity contribution is 0.0505. The molecule has 0 spiro atoms. The second-order valence-corrected chi connectivity index (χ2v) is 4.83. The minimum Gasteiger partial charge on any atom is -0.462 e. The Morgan fingerprint density at radius 1 is 1.56 bits per heavy atom. The van der Waals surface area contributed by atoms with E-state index in [9.17, 15) is 4.79 Å². The summed E-state index contributed by atoms with van der Waals surface area (Å²) in [5.41, 5.74) is 0.384. The standard InChI is InChI=1S/C12H19N3O2S/c1-5-6-17-11(16)9-7-13-12(18-4)15-10(9)14-8(2)3/h7-8H,5-6H2,1-4H3,(H,13,14,15). The summed E-state index contributed by atoms with van der Waals surface area (Å²) in [6.45, 7) is 6.34. The van der Waals surface area contributed by atoms with Crippen LogP contribution in [0.5, 0.6) is 0 Å². The van der Waals surface area contributed by atoms with Crippen molar-refractivity contribution >= 4 is 23.5 Å². The number of thioether (sulfide) groups is 1. The van der Waals surface area contributed by atoms with Gasteiger partial charge in [0.05, 0.1) is 6.61 Å². The molecule has 0 aliphatic carbocycles. The Hall–Kier alpha value is -1.30. The van der Waals surface area contributed by atoms with E-state index in [0.717, 1.165) is 6.42 Å². The lowest BCUT2D eigenvalue weighted by atomic mass is 10.3. The van der Waals surface area contributed by atoms with Crippen LogP contribution in [0.25, 0.3) is 0 Å². The highest BCUT2D eigenvalue weighted by molar-refractivity contribution is 7.98. The fraction of sp³-hybridized carbons (Fsp3) is 0.583. The summed E-state index contributed by atoms with van der Waals surface area (Å²) >= 11 is 1.43. The lowest BCUT2D eigenvalue weighted by Gasteiger charge is -2.13.